The molecule has 4 N–H and O–H groups in total. The van der Waals surface area contributed by atoms with Crippen LogP contribution in [0.3, 0.4) is 0 Å². The predicted octanol–water partition coefficient (Wildman–Crippen LogP) is 3.65. The number of rotatable bonds is 6. The van der Waals surface area contributed by atoms with Gasteiger partial charge in [0.25, 0.3) is 10.0 Å². The SMILES string of the molecule is Nc1nccc2ccc(CN3CC[C@H](NS(=O)(=O)c4ccc(-c5ccncc5)s4)C3=O)cc12.O=C(O)C(F)(F)F. The van der Waals surface area contributed by atoms with Crippen LogP contribution in [0.4, 0.5) is 19.0 Å². The molecule has 1 amide bonds. The summed E-state index contributed by atoms with van der Waals surface area (Å²) in [5.41, 5.74) is 7.79. The predicted molar refractivity (Wildman–Crippen MR) is 142 cm³/mol. The van der Waals surface area contributed by atoms with Gasteiger partial charge in [0.1, 0.15) is 16.1 Å². The molecule has 210 valence electrons. The number of halogens is 3. The second-order valence-electron chi connectivity index (χ2n) is 8.63. The number of hydrogen-bond acceptors (Lipinski definition) is 8. The zero-order valence-electron chi connectivity index (χ0n) is 20.5. The number of nitrogens with zero attached hydrogens (tertiary/aromatic N) is 3. The van der Waals surface area contributed by atoms with Crippen LogP contribution in [0.5, 0.6) is 0 Å². The van der Waals surface area contributed by atoms with E-state index < -0.39 is 28.2 Å². The molecule has 1 fully saturated rings. The summed E-state index contributed by atoms with van der Waals surface area (Å²) < 4.78 is 60.3. The van der Waals surface area contributed by atoms with Gasteiger partial charge in [-0.15, -0.1) is 11.3 Å². The number of aliphatic carboxylic acids is 1. The van der Waals surface area contributed by atoms with E-state index in [9.17, 15) is 26.4 Å². The molecule has 1 saturated heterocycles. The molecule has 1 aromatic carbocycles. The number of nitrogens with one attached hydrogen (secondary N) is 1. The second-order valence-corrected chi connectivity index (χ2v) is 11.7. The molecule has 0 bridgehead atoms. The number of carbonyl (C=O) groups is 2. The fraction of sp³-hybridized carbons (Fsp3) is 0.200. The lowest BCUT2D eigenvalue weighted by Crippen LogP contribution is -2.41. The zero-order chi connectivity index (χ0) is 29.1. The molecule has 5 rings (SSSR count). The van der Waals surface area contributed by atoms with Crippen molar-refractivity contribution >= 4 is 49.8 Å². The fourth-order valence-electron chi connectivity index (χ4n) is 3.94. The smallest absolute Gasteiger partial charge is 0.475 e. The first-order valence-corrected chi connectivity index (χ1v) is 13.9. The van der Waals surface area contributed by atoms with Crippen molar-refractivity contribution in [2.45, 2.75) is 29.4 Å². The van der Waals surface area contributed by atoms with E-state index in [0.29, 0.717) is 25.3 Å². The maximum absolute atomic E-state index is 12.9. The van der Waals surface area contributed by atoms with Crippen LogP contribution in [0, 0.1) is 0 Å². The van der Waals surface area contributed by atoms with Gasteiger partial charge < -0.3 is 15.7 Å². The highest BCUT2D eigenvalue weighted by molar-refractivity contribution is 7.91. The number of anilines is 1. The van der Waals surface area contributed by atoms with Crippen molar-refractivity contribution in [3.63, 3.8) is 0 Å². The molecule has 4 heterocycles. The number of nitrogen functional groups attached to an aromatic ring is 1. The number of alkyl halides is 3. The highest BCUT2D eigenvalue weighted by Gasteiger charge is 2.38. The van der Waals surface area contributed by atoms with Crippen LogP contribution in [0.1, 0.15) is 12.0 Å². The van der Waals surface area contributed by atoms with Gasteiger partial charge in [-0.05, 0) is 59.3 Å². The molecule has 1 atom stereocenters. The summed E-state index contributed by atoms with van der Waals surface area (Å²) in [7, 11) is -3.81. The van der Waals surface area contributed by atoms with Gasteiger partial charge in [-0.3, -0.25) is 9.78 Å². The van der Waals surface area contributed by atoms with Gasteiger partial charge in [-0.25, -0.2) is 18.2 Å². The number of amides is 1. The molecule has 0 aliphatic carbocycles. The van der Waals surface area contributed by atoms with Crippen molar-refractivity contribution in [1.82, 2.24) is 19.6 Å². The molecule has 3 aromatic heterocycles. The Bertz CT molecular complexity index is 1650. The number of nitrogens with two attached hydrogens (primary N) is 1. The van der Waals surface area contributed by atoms with Crippen molar-refractivity contribution in [1.29, 1.82) is 0 Å². The van der Waals surface area contributed by atoms with Gasteiger partial charge in [0.05, 0.1) is 0 Å². The van der Waals surface area contributed by atoms with E-state index in [1.54, 1.807) is 35.6 Å². The lowest BCUT2D eigenvalue weighted by Gasteiger charge is -2.17. The van der Waals surface area contributed by atoms with Crippen LogP contribution in [0.25, 0.3) is 21.2 Å². The quantitative estimate of drug-likeness (QED) is 0.306. The summed E-state index contributed by atoms with van der Waals surface area (Å²) in [5.74, 6) is -2.55. The number of carboxylic acid groups (broad SMARTS) is 1. The summed E-state index contributed by atoms with van der Waals surface area (Å²) in [6.45, 7) is 0.853. The molecule has 0 unspecified atom stereocenters. The van der Waals surface area contributed by atoms with Crippen molar-refractivity contribution < 1.29 is 36.3 Å². The number of pyridine rings is 2. The molecule has 40 heavy (non-hydrogen) atoms. The Kier molecular flexibility index (Phi) is 8.37. The molecular formula is C25H22F3N5O5S2. The third kappa shape index (κ3) is 6.73. The minimum atomic E-state index is -5.08. The molecular weight excluding hydrogens is 571 g/mol. The minimum absolute atomic E-state index is 0.179. The summed E-state index contributed by atoms with van der Waals surface area (Å²) in [6.07, 6.45) is 0.310. The van der Waals surface area contributed by atoms with Crippen LogP contribution < -0.4 is 10.5 Å². The average Bonchev–Trinajstić information content (AvgIpc) is 3.54. The van der Waals surface area contributed by atoms with Crippen molar-refractivity contribution in [3.8, 4) is 10.4 Å². The van der Waals surface area contributed by atoms with Gasteiger partial charge in [0.15, 0.2) is 0 Å². The molecule has 0 saturated carbocycles. The van der Waals surface area contributed by atoms with Crippen LogP contribution in [-0.2, 0) is 26.2 Å². The summed E-state index contributed by atoms with van der Waals surface area (Å²) >= 11 is 1.16. The third-order valence-electron chi connectivity index (χ3n) is 5.88. The highest BCUT2D eigenvalue weighted by atomic mass is 32.2. The number of carboxylic acids is 1. The van der Waals surface area contributed by atoms with Gasteiger partial charge in [0, 0.05) is 41.9 Å². The topological polar surface area (TPSA) is 156 Å². The van der Waals surface area contributed by atoms with E-state index in [2.05, 4.69) is 14.7 Å². The third-order valence-corrected chi connectivity index (χ3v) is 8.98. The van der Waals surface area contributed by atoms with E-state index in [1.807, 2.05) is 36.4 Å². The molecule has 10 nitrogen and oxygen atoms in total. The molecule has 1 aliphatic rings. The number of fused-ring (bicyclic) bond motifs is 1. The molecule has 0 radical (unpaired) electrons. The van der Waals surface area contributed by atoms with E-state index in [1.165, 1.54) is 0 Å². The minimum Gasteiger partial charge on any atom is -0.475 e. The first-order valence-electron chi connectivity index (χ1n) is 11.6. The van der Waals surface area contributed by atoms with Gasteiger partial charge in [0.2, 0.25) is 5.91 Å². The largest absolute Gasteiger partial charge is 0.490 e. The fourth-order valence-corrected chi connectivity index (χ4v) is 6.50. The molecule has 4 aromatic rings. The van der Waals surface area contributed by atoms with Gasteiger partial charge >= 0.3 is 12.1 Å². The second kappa shape index (κ2) is 11.6. The van der Waals surface area contributed by atoms with Gasteiger partial charge in [-0.1, -0.05) is 12.1 Å². The van der Waals surface area contributed by atoms with E-state index in [4.69, 9.17) is 15.6 Å². The standard InChI is InChI=1S/C23H21N5O3S2.C2HF3O2/c24-22-18-13-15(1-2-16(18)7-11-26-22)14-28-12-8-19(23(28)29)27-33(30,31)21-4-3-20(32-21)17-5-9-25-10-6-17;3-2(4,5)1(6)7/h1-7,9-11,13,19,27H,8,12,14H2,(H2,24,26);(H,6,7)/t19-;/m0./s1. The van der Waals surface area contributed by atoms with E-state index in [-0.39, 0.29) is 10.1 Å². The van der Waals surface area contributed by atoms with Crippen molar-refractivity contribution in [2.24, 2.45) is 0 Å². The Labute approximate surface area is 230 Å². The van der Waals surface area contributed by atoms with Crippen molar-refractivity contribution in [2.75, 3.05) is 12.3 Å². The number of aromatic nitrogens is 2. The molecule has 15 heteroatoms. The molecule has 1 aliphatic heterocycles. The highest BCUT2D eigenvalue weighted by Crippen LogP contribution is 2.31. The Hall–Kier alpha value is -4.08. The van der Waals surface area contributed by atoms with E-state index in [0.717, 1.165) is 38.1 Å². The lowest BCUT2D eigenvalue weighted by molar-refractivity contribution is -0.192. The number of hydrogen-bond donors (Lipinski definition) is 3. The Morgan fingerprint density at radius 3 is 2.50 bits per heavy atom. The summed E-state index contributed by atoms with van der Waals surface area (Å²) in [5, 5.41) is 8.94. The van der Waals surface area contributed by atoms with Crippen LogP contribution in [0.2, 0.25) is 0 Å². The average molecular weight is 594 g/mol. The maximum Gasteiger partial charge on any atom is 0.490 e. The number of likely N-dealkylation sites (tertiary alicyclic amines) is 1. The number of thiophene rings is 1. The Morgan fingerprint density at radius 2 is 1.82 bits per heavy atom. The lowest BCUT2D eigenvalue weighted by atomic mass is 10.1. The summed E-state index contributed by atoms with van der Waals surface area (Å²) in [4.78, 5) is 32.4. The number of carbonyl (C=O) groups excluding carboxylic acids is 1. The number of sulfonamides is 1. The maximum atomic E-state index is 12.9. The van der Waals surface area contributed by atoms with Gasteiger partial charge in [-0.2, -0.15) is 17.9 Å². The van der Waals surface area contributed by atoms with E-state index >= 15 is 0 Å². The normalized spacial score (nSPS) is 15.6. The number of benzene rings is 1. The Balaban J connectivity index is 0.000000470. The molecule has 0 spiro atoms. The Morgan fingerprint density at radius 1 is 1.12 bits per heavy atom. The first-order chi connectivity index (χ1) is 18.8. The summed E-state index contributed by atoms with van der Waals surface area (Å²) in [6, 6.07) is 13.9. The van der Waals surface area contributed by atoms with Crippen LogP contribution in [0.15, 0.2) is 71.3 Å². The monoisotopic (exact) mass is 593 g/mol. The van der Waals surface area contributed by atoms with Crippen molar-refractivity contribution in [3.05, 3.63) is 72.7 Å². The van der Waals surface area contributed by atoms with Crippen LogP contribution in [-0.4, -0.2) is 59.0 Å². The first kappa shape index (κ1) is 28.9. The van der Waals surface area contributed by atoms with Crippen LogP contribution >= 0.6 is 11.3 Å². The zero-order valence-corrected chi connectivity index (χ0v) is 22.1.